The van der Waals surface area contributed by atoms with Crippen molar-refractivity contribution >= 4 is 38.2 Å². The molecule has 0 saturated carbocycles. The molecule has 0 bridgehead atoms. The molecule has 5 heterocycles. The molecule has 0 N–H and O–H groups in total. The smallest absolute Gasteiger partial charge is 0.0725 e. The molecule has 0 amide bonds. The zero-order chi connectivity index (χ0) is 21.1. The number of pyridine rings is 3. The third-order valence-electron chi connectivity index (χ3n) is 6.14. The van der Waals surface area contributed by atoms with Crippen LogP contribution in [0.3, 0.4) is 0 Å². The van der Waals surface area contributed by atoms with Gasteiger partial charge in [-0.1, -0.05) is 29.1 Å². The summed E-state index contributed by atoms with van der Waals surface area (Å²) in [4.78, 5) is 13.2. The van der Waals surface area contributed by atoms with E-state index in [2.05, 4.69) is 80.3 Å². The minimum absolute atomic E-state index is 0. The van der Waals surface area contributed by atoms with Gasteiger partial charge in [0.15, 0.2) is 0 Å². The Hall–Kier alpha value is -3.86. The van der Waals surface area contributed by atoms with Crippen molar-refractivity contribution in [2.75, 3.05) is 0 Å². The molecule has 0 aliphatic rings. The van der Waals surface area contributed by atoms with Gasteiger partial charge < -0.3 is 8.97 Å². The van der Waals surface area contributed by atoms with Crippen molar-refractivity contribution < 1.29 is 20.1 Å². The number of hydrogen-bond donors (Lipinski definition) is 0. The molecule has 0 aliphatic carbocycles. The minimum atomic E-state index is 0. The van der Waals surface area contributed by atoms with Crippen LogP contribution in [0, 0.1) is 6.07 Å². The van der Waals surface area contributed by atoms with E-state index in [1.54, 1.807) is 0 Å². The van der Waals surface area contributed by atoms with Crippen LogP contribution in [0.4, 0.5) is 0 Å². The topological polar surface area (TPSA) is 48.0 Å². The average molecular weight is 603 g/mol. The van der Waals surface area contributed by atoms with E-state index in [9.17, 15) is 0 Å². The van der Waals surface area contributed by atoms with E-state index in [-0.39, 0.29) is 20.1 Å². The average Bonchev–Trinajstić information content (AvgIpc) is 3.47. The molecular weight excluding hydrogens is 587 g/mol. The Morgan fingerprint density at radius 2 is 1.42 bits per heavy atom. The molecular formula is C27H16IrN5-. The molecule has 5 aromatic heterocycles. The fraction of sp³-hybridized carbons (Fsp3) is 0. The summed E-state index contributed by atoms with van der Waals surface area (Å²) < 4.78 is 4.25. The molecule has 0 atom stereocenters. The van der Waals surface area contributed by atoms with Crippen molar-refractivity contribution in [3.05, 3.63) is 104 Å². The van der Waals surface area contributed by atoms with Gasteiger partial charge in [-0.05, 0) is 36.0 Å². The molecule has 6 heteroatoms. The normalized spacial score (nSPS) is 11.4. The molecule has 7 rings (SSSR count). The summed E-state index contributed by atoms with van der Waals surface area (Å²) in [6.07, 6.45) is 13.3. The molecule has 0 saturated heterocycles. The number of imidazole rings is 1. The number of fused-ring (bicyclic) bond motifs is 6. The van der Waals surface area contributed by atoms with Crippen molar-refractivity contribution in [1.82, 2.24) is 23.9 Å². The quantitative estimate of drug-likeness (QED) is 0.234. The maximum absolute atomic E-state index is 4.50. The number of aromatic nitrogens is 5. The maximum Gasteiger partial charge on any atom is 0.0725 e. The Morgan fingerprint density at radius 1 is 0.697 bits per heavy atom. The Balaban J connectivity index is 0.00000206. The second-order valence-corrected chi connectivity index (χ2v) is 7.82. The second-order valence-electron chi connectivity index (χ2n) is 7.82. The number of benzene rings is 2. The molecule has 0 aliphatic heterocycles. The van der Waals surface area contributed by atoms with E-state index in [0.717, 1.165) is 38.7 Å². The zero-order valence-electron chi connectivity index (χ0n) is 17.3. The fourth-order valence-electron chi connectivity index (χ4n) is 4.68. The maximum atomic E-state index is 4.50. The number of hydrogen-bond acceptors (Lipinski definition) is 3. The van der Waals surface area contributed by atoms with Gasteiger partial charge in [0.2, 0.25) is 0 Å². The fourth-order valence-corrected chi connectivity index (χ4v) is 4.68. The van der Waals surface area contributed by atoms with Gasteiger partial charge >= 0.3 is 0 Å². The molecule has 0 fully saturated rings. The summed E-state index contributed by atoms with van der Waals surface area (Å²) in [6, 6.07) is 22.4. The SMILES string of the molecule is [Ir].[c-]1ccc(-c2ccc(-n3c4cnccc4c4ccncc43)cc2)c2ccn3ccnc3c12. The van der Waals surface area contributed by atoms with Crippen LogP contribution in [0.2, 0.25) is 0 Å². The van der Waals surface area contributed by atoms with Crippen molar-refractivity contribution in [2.24, 2.45) is 0 Å². The summed E-state index contributed by atoms with van der Waals surface area (Å²) in [7, 11) is 0. The standard InChI is InChI=1S/C27H16N5.Ir/c1-2-20(21-10-14-31-15-13-30-27(31)24(21)3-1)18-4-6-19(7-5-18)32-25-16-28-11-8-22(25)23-9-12-29-17-26(23)32;/h1-2,4-17H;/q-1;. The first-order chi connectivity index (χ1) is 15.9. The van der Waals surface area contributed by atoms with Crippen LogP contribution in [0.1, 0.15) is 0 Å². The van der Waals surface area contributed by atoms with Gasteiger partial charge in [-0.15, -0.1) is 23.6 Å². The monoisotopic (exact) mass is 603 g/mol. The van der Waals surface area contributed by atoms with E-state index >= 15 is 0 Å². The predicted molar refractivity (Wildman–Crippen MR) is 127 cm³/mol. The Bertz CT molecular complexity index is 1730. The summed E-state index contributed by atoms with van der Waals surface area (Å²) in [6.45, 7) is 0. The van der Waals surface area contributed by atoms with E-state index in [0.29, 0.717) is 0 Å². The first-order valence-electron chi connectivity index (χ1n) is 10.4. The second kappa shape index (κ2) is 7.62. The van der Waals surface area contributed by atoms with Gasteiger partial charge in [0.25, 0.3) is 0 Å². The van der Waals surface area contributed by atoms with E-state index in [1.807, 2.05) is 47.6 Å². The molecule has 1 radical (unpaired) electrons. The number of nitrogens with zero attached hydrogens (tertiary/aromatic N) is 5. The van der Waals surface area contributed by atoms with Crippen LogP contribution < -0.4 is 0 Å². The minimum Gasteiger partial charge on any atom is -0.347 e. The van der Waals surface area contributed by atoms with Gasteiger partial charge in [0.1, 0.15) is 0 Å². The molecule has 0 unspecified atom stereocenters. The summed E-state index contributed by atoms with van der Waals surface area (Å²) in [5.74, 6) is 0. The largest absolute Gasteiger partial charge is 0.347 e. The third-order valence-corrected chi connectivity index (χ3v) is 6.14. The summed E-state index contributed by atoms with van der Waals surface area (Å²) in [5.41, 5.74) is 6.47. The van der Waals surface area contributed by atoms with E-state index < -0.39 is 0 Å². The van der Waals surface area contributed by atoms with Gasteiger partial charge in [-0.3, -0.25) is 15.0 Å². The van der Waals surface area contributed by atoms with Crippen LogP contribution in [0.25, 0.3) is 55.0 Å². The van der Waals surface area contributed by atoms with Crippen LogP contribution in [-0.2, 0) is 20.1 Å². The number of rotatable bonds is 2. The van der Waals surface area contributed by atoms with Crippen LogP contribution in [-0.4, -0.2) is 23.9 Å². The first kappa shape index (κ1) is 19.8. The van der Waals surface area contributed by atoms with Gasteiger partial charge in [0, 0.05) is 61.4 Å². The van der Waals surface area contributed by atoms with Crippen molar-refractivity contribution in [3.8, 4) is 16.8 Å². The Kier molecular flexibility index (Phi) is 4.57. The van der Waals surface area contributed by atoms with Crippen LogP contribution >= 0.6 is 0 Å². The third kappa shape index (κ3) is 2.92. The van der Waals surface area contributed by atoms with Crippen molar-refractivity contribution in [3.63, 3.8) is 0 Å². The van der Waals surface area contributed by atoms with Crippen LogP contribution in [0.15, 0.2) is 98.0 Å². The van der Waals surface area contributed by atoms with Gasteiger partial charge in [-0.2, -0.15) is 0 Å². The van der Waals surface area contributed by atoms with Gasteiger partial charge in [-0.25, -0.2) is 0 Å². The molecule has 2 aromatic carbocycles. The molecule has 159 valence electrons. The molecule has 33 heavy (non-hydrogen) atoms. The zero-order valence-corrected chi connectivity index (χ0v) is 19.7. The first-order valence-corrected chi connectivity index (χ1v) is 10.4. The van der Waals surface area contributed by atoms with Crippen LogP contribution in [0.5, 0.6) is 0 Å². The van der Waals surface area contributed by atoms with Crippen molar-refractivity contribution in [2.45, 2.75) is 0 Å². The van der Waals surface area contributed by atoms with Crippen molar-refractivity contribution in [1.29, 1.82) is 0 Å². The molecule has 5 nitrogen and oxygen atoms in total. The summed E-state index contributed by atoms with van der Waals surface area (Å²) >= 11 is 0. The Morgan fingerprint density at radius 3 is 2.15 bits per heavy atom. The molecule has 0 spiro atoms. The van der Waals surface area contributed by atoms with E-state index in [4.69, 9.17) is 0 Å². The Labute approximate surface area is 202 Å². The predicted octanol–water partition coefficient (Wildman–Crippen LogP) is 5.84. The van der Waals surface area contributed by atoms with E-state index in [1.165, 1.54) is 16.3 Å². The summed E-state index contributed by atoms with van der Waals surface area (Å²) in [5, 5.41) is 4.52. The molecule has 7 aromatic rings. The van der Waals surface area contributed by atoms with Gasteiger partial charge in [0.05, 0.1) is 29.1 Å².